The van der Waals surface area contributed by atoms with Crippen LogP contribution in [0.1, 0.15) is 104 Å². The number of unbranched alkanes of at least 4 members (excludes halogenated alkanes) is 2. The number of piperidine rings is 1. The zero-order valence-electron chi connectivity index (χ0n) is 24.5. The van der Waals surface area contributed by atoms with Crippen molar-refractivity contribution >= 4 is 29.3 Å². The first-order valence-electron chi connectivity index (χ1n) is 16.0. The lowest BCUT2D eigenvalue weighted by Gasteiger charge is -2.34. The Kier molecular flexibility index (Phi) is 10.4. The van der Waals surface area contributed by atoms with Gasteiger partial charge in [0.15, 0.2) is 0 Å². The number of carbonyl (C=O) groups is 4. The highest BCUT2D eigenvalue weighted by Gasteiger charge is 2.45. The van der Waals surface area contributed by atoms with E-state index in [0.29, 0.717) is 23.4 Å². The lowest BCUT2D eigenvalue weighted by molar-refractivity contribution is -0.136. The van der Waals surface area contributed by atoms with Gasteiger partial charge in [-0.25, -0.2) is 0 Å². The number of amides is 4. The smallest absolute Gasteiger partial charge is 0.264 e. The van der Waals surface area contributed by atoms with E-state index in [1.54, 1.807) is 12.1 Å². The first-order valence-corrected chi connectivity index (χ1v) is 16.0. The Bertz CT molecular complexity index is 1090. The first kappa shape index (κ1) is 29.7. The highest BCUT2D eigenvalue weighted by Crippen LogP contribution is 2.32. The Morgan fingerprint density at radius 1 is 0.780 bits per heavy atom. The van der Waals surface area contributed by atoms with Gasteiger partial charge in [-0.2, -0.15) is 0 Å². The number of nitrogens with one attached hydrogen (secondary N) is 2. The Balaban J connectivity index is 0.984. The highest BCUT2D eigenvalue weighted by atomic mass is 16.2. The summed E-state index contributed by atoms with van der Waals surface area (Å²) in [7, 11) is 0. The molecule has 0 bridgehead atoms. The summed E-state index contributed by atoms with van der Waals surface area (Å²) in [5, 5.41) is 5.60. The van der Waals surface area contributed by atoms with Crippen molar-refractivity contribution in [1.29, 1.82) is 0 Å². The summed E-state index contributed by atoms with van der Waals surface area (Å²) in [5.74, 6) is -0.910. The van der Waals surface area contributed by atoms with Crippen LogP contribution in [0, 0.1) is 5.92 Å². The minimum atomic E-state index is -0.945. The van der Waals surface area contributed by atoms with Crippen molar-refractivity contribution < 1.29 is 19.2 Å². The fourth-order valence-electron chi connectivity index (χ4n) is 7.00. The number of rotatable bonds is 12. The minimum absolute atomic E-state index is 0.115. The van der Waals surface area contributed by atoms with Crippen molar-refractivity contribution in [2.24, 2.45) is 5.92 Å². The minimum Gasteiger partial charge on any atom is -0.384 e. The van der Waals surface area contributed by atoms with E-state index in [0.717, 1.165) is 56.4 Å². The molecule has 224 valence electrons. The molecule has 1 aromatic rings. The Labute approximate surface area is 244 Å². The normalized spacial score (nSPS) is 23.0. The standard InChI is InChI=1S/C32H47N5O4/c38-28-16-15-27(30(39)34-28)37-31(40)25-13-9-14-26(29(25)32(37)41)33-17-6-8-19-36-22-20-35(21-23-36)18-7-5-12-24-10-3-1-2-4-11-24/h9,13-14,24,27,33H,1-8,10-12,15-23H2,(H,34,38,39). The summed E-state index contributed by atoms with van der Waals surface area (Å²) in [6.07, 6.45) is 15.2. The largest absolute Gasteiger partial charge is 0.384 e. The number of nitrogens with zero attached hydrogens (tertiary/aromatic N) is 3. The second kappa shape index (κ2) is 14.4. The van der Waals surface area contributed by atoms with E-state index in [2.05, 4.69) is 20.4 Å². The second-order valence-electron chi connectivity index (χ2n) is 12.3. The summed E-state index contributed by atoms with van der Waals surface area (Å²) >= 11 is 0. The van der Waals surface area contributed by atoms with Gasteiger partial charge in [0.25, 0.3) is 11.8 Å². The van der Waals surface area contributed by atoms with Gasteiger partial charge in [0.2, 0.25) is 11.8 Å². The molecule has 4 amide bonds. The summed E-state index contributed by atoms with van der Waals surface area (Å²) in [6, 6.07) is 4.26. The van der Waals surface area contributed by atoms with Crippen LogP contribution in [-0.2, 0) is 9.59 Å². The quantitative estimate of drug-likeness (QED) is 0.224. The predicted molar refractivity (Wildman–Crippen MR) is 159 cm³/mol. The molecule has 0 spiro atoms. The number of fused-ring (bicyclic) bond motifs is 1. The third-order valence-corrected chi connectivity index (χ3v) is 9.46. The summed E-state index contributed by atoms with van der Waals surface area (Å²) < 4.78 is 0. The summed E-state index contributed by atoms with van der Waals surface area (Å²) in [4.78, 5) is 56.3. The Morgan fingerprint density at radius 3 is 2.15 bits per heavy atom. The van der Waals surface area contributed by atoms with Crippen molar-refractivity contribution in [1.82, 2.24) is 20.0 Å². The maximum absolute atomic E-state index is 13.2. The molecule has 1 unspecified atom stereocenters. The van der Waals surface area contributed by atoms with Gasteiger partial charge < -0.3 is 15.1 Å². The summed E-state index contributed by atoms with van der Waals surface area (Å²) in [5.41, 5.74) is 1.27. The van der Waals surface area contributed by atoms with Gasteiger partial charge in [-0.05, 0) is 56.8 Å². The van der Waals surface area contributed by atoms with Crippen LogP contribution in [0.5, 0.6) is 0 Å². The fourth-order valence-corrected chi connectivity index (χ4v) is 7.00. The van der Waals surface area contributed by atoms with Crippen LogP contribution in [0.3, 0.4) is 0 Å². The monoisotopic (exact) mass is 565 g/mol. The number of anilines is 1. The van der Waals surface area contributed by atoms with Crippen LogP contribution in [0.25, 0.3) is 0 Å². The van der Waals surface area contributed by atoms with Crippen molar-refractivity contribution in [2.45, 2.75) is 89.5 Å². The van der Waals surface area contributed by atoms with Crippen molar-refractivity contribution in [2.75, 3.05) is 51.1 Å². The molecule has 1 atom stereocenters. The molecule has 3 heterocycles. The van der Waals surface area contributed by atoms with E-state index < -0.39 is 23.8 Å². The number of hydrogen-bond acceptors (Lipinski definition) is 7. The van der Waals surface area contributed by atoms with Crippen molar-refractivity contribution in [3.05, 3.63) is 29.3 Å². The van der Waals surface area contributed by atoms with E-state index >= 15 is 0 Å². The average molecular weight is 566 g/mol. The molecule has 1 saturated carbocycles. The molecule has 41 heavy (non-hydrogen) atoms. The zero-order valence-corrected chi connectivity index (χ0v) is 24.5. The van der Waals surface area contributed by atoms with Gasteiger partial charge in [0, 0.05) is 44.8 Å². The van der Waals surface area contributed by atoms with Crippen LogP contribution < -0.4 is 10.6 Å². The van der Waals surface area contributed by atoms with Crippen LogP contribution in [0.2, 0.25) is 0 Å². The first-order chi connectivity index (χ1) is 20.0. The van der Waals surface area contributed by atoms with E-state index in [4.69, 9.17) is 0 Å². The lowest BCUT2D eigenvalue weighted by atomic mass is 9.94. The number of carbonyl (C=O) groups excluding carboxylic acids is 4. The van der Waals surface area contributed by atoms with Gasteiger partial charge >= 0.3 is 0 Å². The topological polar surface area (TPSA) is 102 Å². The molecule has 5 rings (SSSR count). The molecule has 0 radical (unpaired) electrons. The van der Waals surface area contributed by atoms with E-state index in [9.17, 15) is 19.2 Å². The van der Waals surface area contributed by atoms with E-state index in [1.165, 1.54) is 64.3 Å². The lowest BCUT2D eigenvalue weighted by Crippen LogP contribution is -2.54. The van der Waals surface area contributed by atoms with Crippen LogP contribution >= 0.6 is 0 Å². The zero-order chi connectivity index (χ0) is 28.6. The molecule has 9 nitrogen and oxygen atoms in total. The third kappa shape index (κ3) is 7.55. The second-order valence-corrected chi connectivity index (χ2v) is 12.3. The van der Waals surface area contributed by atoms with E-state index in [-0.39, 0.29) is 18.7 Å². The van der Waals surface area contributed by atoms with Gasteiger partial charge in [0.05, 0.1) is 11.1 Å². The van der Waals surface area contributed by atoms with Crippen molar-refractivity contribution in [3.8, 4) is 0 Å². The molecule has 0 aromatic heterocycles. The number of hydrogen-bond donors (Lipinski definition) is 2. The molecular weight excluding hydrogens is 518 g/mol. The molecular formula is C32H47N5O4. The van der Waals surface area contributed by atoms with E-state index in [1.807, 2.05) is 6.07 Å². The van der Waals surface area contributed by atoms with Crippen LogP contribution in [-0.4, -0.2) is 90.2 Å². The Hall–Kier alpha value is -2.78. The van der Waals surface area contributed by atoms with Gasteiger partial charge in [-0.1, -0.05) is 57.4 Å². The van der Waals surface area contributed by atoms with Crippen molar-refractivity contribution in [3.63, 3.8) is 0 Å². The van der Waals surface area contributed by atoms with Gasteiger partial charge in [-0.3, -0.25) is 29.4 Å². The molecule has 2 saturated heterocycles. The molecule has 2 N–H and O–H groups in total. The Morgan fingerprint density at radius 2 is 1.46 bits per heavy atom. The van der Waals surface area contributed by atoms with Crippen LogP contribution in [0.4, 0.5) is 5.69 Å². The molecule has 4 aliphatic rings. The maximum Gasteiger partial charge on any atom is 0.264 e. The highest BCUT2D eigenvalue weighted by molar-refractivity contribution is 6.25. The average Bonchev–Trinajstić information content (AvgIpc) is 3.12. The molecule has 3 aliphatic heterocycles. The number of imide groups is 2. The van der Waals surface area contributed by atoms with Gasteiger partial charge in [0.1, 0.15) is 6.04 Å². The third-order valence-electron chi connectivity index (χ3n) is 9.46. The molecule has 9 heteroatoms. The number of benzene rings is 1. The number of piperazine rings is 1. The summed E-state index contributed by atoms with van der Waals surface area (Å²) in [6.45, 7) is 7.62. The molecule has 3 fully saturated rings. The van der Waals surface area contributed by atoms with Crippen LogP contribution in [0.15, 0.2) is 18.2 Å². The molecule has 1 aromatic carbocycles. The molecule has 1 aliphatic carbocycles. The fraction of sp³-hybridized carbons (Fsp3) is 0.688. The predicted octanol–water partition coefficient (Wildman–Crippen LogP) is 4.04. The van der Waals surface area contributed by atoms with Gasteiger partial charge in [-0.15, -0.1) is 0 Å². The SMILES string of the molecule is O=C1CCC(N2C(=O)c3cccc(NCCCCN4CCN(CCCCC5CCCCCC5)CC4)c3C2=O)C(=O)N1. The maximum atomic E-state index is 13.2.